The molecule has 0 radical (unpaired) electrons. The molecule has 2 aliphatic rings. The highest BCUT2D eigenvalue weighted by molar-refractivity contribution is 7.07. The van der Waals surface area contributed by atoms with Crippen molar-refractivity contribution < 1.29 is 9.18 Å². The molecule has 1 aliphatic carbocycles. The number of benzene rings is 1. The number of carbonyl (C=O) groups is 1. The summed E-state index contributed by atoms with van der Waals surface area (Å²) in [6, 6.07) is 7.07. The minimum Gasteiger partial charge on any atom is -0.331 e. The van der Waals surface area contributed by atoms with E-state index in [2.05, 4.69) is 16.8 Å². The summed E-state index contributed by atoms with van der Waals surface area (Å²) in [5, 5.41) is 7.57. The molecule has 1 aromatic heterocycles. The van der Waals surface area contributed by atoms with Crippen molar-refractivity contribution in [3.63, 3.8) is 0 Å². The van der Waals surface area contributed by atoms with Gasteiger partial charge in [0.15, 0.2) is 0 Å². The number of hydrogen-bond acceptors (Lipinski definition) is 3. The molecule has 1 saturated heterocycles. The Morgan fingerprint density at radius 3 is 2.84 bits per heavy atom. The van der Waals surface area contributed by atoms with Crippen LogP contribution in [-0.4, -0.2) is 29.9 Å². The highest BCUT2D eigenvalue weighted by atomic mass is 32.1. The van der Waals surface area contributed by atoms with Crippen LogP contribution >= 0.6 is 11.3 Å². The first-order chi connectivity index (χ1) is 12.1. The van der Waals surface area contributed by atoms with Gasteiger partial charge in [-0.05, 0) is 90.8 Å². The van der Waals surface area contributed by atoms with Gasteiger partial charge in [0, 0.05) is 18.2 Å². The van der Waals surface area contributed by atoms with E-state index in [4.69, 9.17) is 0 Å². The normalized spacial score (nSPS) is 21.3. The Kier molecular flexibility index (Phi) is 4.38. The lowest BCUT2D eigenvalue weighted by Gasteiger charge is -2.29. The lowest BCUT2D eigenvalue weighted by molar-refractivity contribution is 0.0692. The Bertz CT molecular complexity index is 768. The fourth-order valence-corrected chi connectivity index (χ4v) is 4.74. The largest absolute Gasteiger partial charge is 0.331 e. The Morgan fingerprint density at radius 1 is 1.36 bits per heavy atom. The molecule has 2 heterocycles. The first-order valence-corrected chi connectivity index (χ1v) is 9.82. The topological polar surface area (TPSA) is 32.3 Å². The molecular formula is C20H23FN2OS. The molecule has 1 aliphatic heterocycles. The van der Waals surface area contributed by atoms with Crippen molar-refractivity contribution >= 4 is 17.2 Å². The predicted octanol–water partition coefficient (Wildman–Crippen LogP) is 3.98. The second-order valence-corrected chi connectivity index (χ2v) is 8.14. The summed E-state index contributed by atoms with van der Waals surface area (Å²) in [6.45, 7) is 4.42. The van der Waals surface area contributed by atoms with Gasteiger partial charge in [-0.25, -0.2) is 4.39 Å². The van der Waals surface area contributed by atoms with Crippen molar-refractivity contribution in [2.24, 2.45) is 5.41 Å². The van der Waals surface area contributed by atoms with Crippen molar-refractivity contribution in [1.29, 1.82) is 0 Å². The van der Waals surface area contributed by atoms with E-state index in [0.29, 0.717) is 23.7 Å². The maximum atomic E-state index is 13.6. The molecule has 1 unspecified atom stereocenters. The molecule has 4 rings (SSSR count). The first kappa shape index (κ1) is 16.7. The fourth-order valence-electron chi connectivity index (χ4n) is 4.08. The molecule has 1 spiro atoms. The van der Waals surface area contributed by atoms with E-state index >= 15 is 0 Å². The molecule has 1 N–H and O–H groups in total. The molecule has 2 aromatic rings. The molecule has 3 nitrogen and oxygen atoms in total. The van der Waals surface area contributed by atoms with Crippen LogP contribution in [0.1, 0.15) is 40.7 Å². The smallest absolute Gasteiger partial charge is 0.254 e. The van der Waals surface area contributed by atoms with Gasteiger partial charge in [-0.1, -0.05) is 0 Å². The van der Waals surface area contributed by atoms with E-state index < -0.39 is 0 Å². The Hall–Kier alpha value is -1.72. The van der Waals surface area contributed by atoms with Gasteiger partial charge in [0.25, 0.3) is 5.91 Å². The lowest BCUT2D eigenvalue weighted by atomic mass is 9.93. The maximum Gasteiger partial charge on any atom is 0.254 e. The summed E-state index contributed by atoms with van der Waals surface area (Å²) in [5.74, 6) is -0.239. The number of amides is 1. The highest BCUT2D eigenvalue weighted by Crippen LogP contribution is 2.56. The zero-order chi connectivity index (χ0) is 17.4. The third-order valence-electron chi connectivity index (χ3n) is 5.72. The van der Waals surface area contributed by atoms with Gasteiger partial charge in [0.05, 0.1) is 0 Å². The molecule has 0 bridgehead atoms. The average Bonchev–Trinajstić information content (AvgIpc) is 3.06. The summed E-state index contributed by atoms with van der Waals surface area (Å²) in [7, 11) is 0. The number of thiophene rings is 1. The van der Waals surface area contributed by atoms with E-state index in [9.17, 15) is 9.18 Å². The average molecular weight is 358 g/mol. The number of hydrogen-bond donors (Lipinski definition) is 1. The van der Waals surface area contributed by atoms with Gasteiger partial charge < -0.3 is 10.2 Å². The summed E-state index contributed by atoms with van der Waals surface area (Å²) < 4.78 is 13.6. The van der Waals surface area contributed by atoms with Gasteiger partial charge in [-0.3, -0.25) is 4.79 Å². The Morgan fingerprint density at radius 2 is 2.16 bits per heavy atom. The van der Waals surface area contributed by atoms with Crippen LogP contribution in [0.15, 0.2) is 35.0 Å². The Labute approximate surface area is 151 Å². The monoisotopic (exact) mass is 358 g/mol. The van der Waals surface area contributed by atoms with Crippen LogP contribution in [0.2, 0.25) is 0 Å². The molecule has 2 fully saturated rings. The van der Waals surface area contributed by atoms with E-state index in [1.807, 2.05) is 10.3 Å². The fraction of sp³-hybridized carbons (Fsp3) is 0.450. The third kappa shape index (κ3) is 3.23. The van der Waals surface area contributed by atoms with Gasteiger partial charge >= 0.3 is 0 Å². The summed E-state index contributed by atoms with van der Waals surface area (Å²) >= 11 is 1.66. The van der Waals surface area contributed by atoms with Crippen LogP contribution in [0.3, 0.4) is 0 Å². The van der Waals surface area contributed by atoms with E-state index in [1.54, 1.807) is 30.4 Å². The summed E-state index contributed by atoms with van der Waals surface area (Å²) in [6.07, 6.45) is 3.35. The number of aryl methyl sites for hydroxylation is 1. The quantitative estimate of drug-likeness (QED) is 0.897. The zero-order valence-corrected chi connectivity index (χ0v) is 15.2. The van der Waals surface area contributed by atoms with Crippen LogP contribution in [0.5, 0.6) is 0 Å². The second-order valence-electron chi connectivity index (χ2n) is 7.36. The Balaban J connectivity index is 1.61. The van der Waals surface area contributed by atoms with Crippen molar-refractivity contribution in [2.75, 3.05) is 13.1 Å². The predicted molar refractivity (Wildman–Crippen MR) is 98.3 cm³/mol. The molecule has 25 heavy (non-hydrogen) atoms. The van der Waals surface area contributed by atoms with Crippen LogP contribution in [-0.2, 0) is 6.54 Å². The highest BCUT2D eigenvalue weighted by Gasteiger charge is 2.57. The lowest BCUT2D eigenvalue weighted by Crippen LogP contribution is -2.39. The van der Waals surface area contributed by atoms with Crippen molar-refractivity contribution in [3.05, 3.63) is 57.5 Å². The van der Waals surface area contributed by atoms with Gasteiger partial charge in [0.1, 0.15) is 5.82 Å². The molecule has 1 amide bonds. The van der Waals surface area contributed by atoms with Crippen LogP contribution in [0.4, 0.5) is 4.39 Å². The SMILES string of the molecule is Cc1cc(C(=O)N(Cc2ccsc2)C2CC23CCNCC3)ccc1F. The summed E-state index contributed by atoms with van der Waals surface area (Å²) in [4.78, 5) is 15.3. The number of piperidine rings is 1. The second kappa shape index (κ2) is 6.54. The molecular weight excluding hydrogens is 335 g/mol. The van der Waals surface area contributed by atoms with E-state index in [0.717, 1.165) is 32.4 Å². The molecule has 5 heteroatoms. The van der Waals surface area contributed by atoms with E-state index in [-0.39, 0.29) is 17.1 Å². The van der Waals surface area contributed by atoms with Gasteiger partial charge in [0.2, 0.25) is 0 Å². The minimum atomic E-state index is -0.262. The van der Waals surface area contributed by atoms with Gasteiger partial charge in [-0.15, -0.1) is 0 Å². The van der Waals surface area contributed by atoms with Crippen LogP contribution in [0, 0.1) is 18.2 Å². The molecule has 132 valence electrons. The summed E-state index contributed by atoms with van der Waals surface area (Å²) in [5.41, 5.74) is 2.57. The van der Waals surface area contributed by atoms with Crippen LogP contribution in [0.25, 0.3) is 0 Å². The van der Waals surface area contributed by atoms with Crippen molar-refractivity contribution in [3.8, 4) is 0 Å². The van der Waals surface area contributed by atoms with Crippen LogP contribution < -0.4 is 5.32 Å². The molecule has 1 saturated carbocycles. The van der Waals surface area contributed by atoms with Crippen molar-refractivity contribution in [1.82, 2.24) is 10.2 Å². The standard InChI is InChI=1S/C20H23FN2OS/c1-14-10-16(2-3-17(14)21)19(24)23(12-15-4-9-25-13-15)18-11-20(18)5-7-22-8-6-20/h2-4,9-10,13,18,22H,5-8,11-12H2,1H3. The zero-order valence-electron chi connectivity index (χ0n) is 14.4. The third-order valence-corrected chi connectivity index (χ3v) is 6.45. The number of nitrogens with zero attached hydrogens (tertiary/aromatic N) is 1. The maximum absolute atomic E-state index is 13.6. The molecule has 1 aromatic carbocycles. The number of rotatable bonds is 4. The van der Waals surface area contributed by atoms with Gasteiger partial charge in [-0.2, -0.15) is 11.3 Å². The number of nitrogens with one attached hydrogen (secondary N) is 1. The van der Waals surface area contributed by atoms with Crippen molar-refractivity contribution in [2.45, 2.75) is 38.8 Å². The number of halogens is 1. The first-order valence-electron chi connectivity index (χ1n) is 8.88. The minimum absolute atomic E-state index is 0.0229. The molecule has 1 atom stereocenters. The van der Waals surface area contributed by atoms with E-state index in [1.165, 1.54) is 11.6 Å². The number of carbonyl (C=O) groups excluding carboxylic acids is 1.